The Kier molecular flexibility index (Phi) is 2.68. The standard InChI is InChI=1S/C10H13N3O/c1-11-5-4-9-8-13-6-2-3-7-14-10(13)12-9/h8H,2-7H2. The average Bonchev–Trinajstić information content (AvgIpc) is 2.46. The first-order valence-electron chi connectivity index (χ1n) is 4.92. The highest BCUT2D eigenvalue weighted by atomic mass is 16.5. The Balaban J connectivity index is 2.11. The molecule has 74 valence electrons. The van der Waals surface area contributed by atoms with Crippen molar-refractivity contribution in [3.05, 3.63) is 23.3 Å². The lowest BCUT2D eigenvalue weighted by Gasteiger charge is -1.99. The second-order valence-electron chi connectivity index (χ2n) is 3.40. The van der Waals surface area contributed by atoms with Crippen LogP contribution in [0.5, 0.6) is 6.01 Å². The predicted molar refractivity (Wildman–Crippen MR) is 52.1 cm³/mol. The van der Waals surface area contributed by atoms with Crippen LogP contribution in [-0.4, -0.2) is 22.7 Å². The molecule has 0 unspecified atom stereocenters. The molecule has 0 radical (unpaired) electrons. The van der Waals surface area contributed by atoms with Gasteiger partial charge >= 0.3 is 0 Å². The molecule has 0 N–H and O–H groups in total. The van der Waals surface area contributed by atoms with E-state index in [0.29, 0.717) is 6.54 Å². The van der Waals surface area contributed by atoms with E-state index in [1.54, 1.807) is 0 Å². The second kappa shape index (κ2) is 4.14. The summed E-state index contributed by atoms with van der Waals surface area (Å²) in [6.45, 7) is 8.97. The van der Waals surface area contributed by atoms with Gasteiger partial charge in [0.25, 0.3) is 6.01 Å². The van der Waals surface area contributed by atoms with Crippen LogP contribution in [0.1, 0.15) is 18.5 Å². The Morgan fingerprint density at radius 3 is 3.36 bits per heavy atom. The van der Waals surface area contributed by atoms with Crippen LogP contribution in [0.3, 0.4) is 0 Å². The second-order valence-corrected chi connectivity index (χ2v) is 3.40. The molecule has 0 aliphatic carbocycles. The summed E-state index contributed by atoms with van der Waals surface area (Å²) in [7, 11) is 0. The molecule has 0 bridgehead atoms. The van der Waals surface area contributed by atoms with Crippen molar-refractivity contribution in [3.63, 3.8) is 0 Å². The fourth-order valence-corrected chi connectivity index (χ4v) is 1.56. The van der Waals surface area contributed by atoms with Gasteiger partial charge in [0.1, 0.15) is 0 Å². The fourth-order valence-electron chi connectivity index (χ4n) is 1.56. The van der Waals surface area contributed by atoms with Gasteiger partial charge in [-0.25, -0.2) is 11.6 Å². The van der Waals surface area contributed by atoms with E-state index in [1.165, 1.54) is 0 Å². The number of aromatic nitrogens is 2. The quantitative estimate of drug-likeness (QED) is 0.664. The molecule has 2 rings (SSSR count). The number of ether oxygens (including phenoxy) is 1. The molecule has 14 heavy (non-hydrogen) atoms. The molecule has 0 spiro atoms. The molecule has 1 aromatic heterocycles. The first-order valence-corrected chi connectivity index (χ1v) is 4.92. The summed E-state index contributed by atoms with van der Waals surface area (Å²) in [5, 5.41) is 0. The van der Waals surface area contributed by atoms with Gasteiger partial charge in [-0.2, -0.15) is 0 Å². The van der Waals surface area contributed by atoms with Gasteiger partial charge in [0.05, 0.1) is 18.7 Å². The molecular weight excluding hydrogens is 178 g/mol. The highest BCUT2D eigenvalue weighted by molar-refractivity contribution is 5.10. The average molecular weight is 191 g/mol. The monoisotopic (exact) mass is 191 g/mol. The van der Waals surface area contributed by atoms with E-state index in [9.17, 15) is 0 Å². The SMILES string of the molecule is [C-]#[N+]CCc1cn2c(n1)OCCCC2. The van der Waals surface area contributed by atoms with Crippen LogP contribution in [0.4, 0.5) is 0 Å². The van der Waals surface area contributed by atoms with E-state index >= 15 is 0 Å². The summed E-state index contributed by atoms with van der Waals surface area (Å²) in [5.41, 5.74) is 0.970. The van der Waals surface area contributed by atoms with Gasteiger partial charge in [-0.1, -0.05) is 0 Å². The van der Waals surface area contributed by atoms with Gasteiger partial charge < -0.3 is 14.1 Å². The third kappa shape index (κ3) is 1.87. The van der Waals surface area contributed by atoms with Crippen LogP contribution in [0.25, 0.3) is 4.85 Å². The first kappa shape index (κ1) is 9.07. The van der Waals surface area contributed by atoms with E-state index in [-0.39, 0.29) is 0 Å². The van der Waals surface area contributed by atoms with E-state index < -0.39 is 0 Å². The molecule has 1 aromatic rings. The predicted octanol–water partition coefficient (Wildman–Crippen LogP) is 1.52. The number of imidazole rings is 1. The van der Waals surface area contributed by atoms with Crippen molar-refractivity contribution in [1.82, 2.24) is 9.55 Å². The highest BCUT2D eigenvalue weighted by Crippen LogP contribution is 2.16. The molecule has 0 amide bonds. The molecule has 2 heterocycles. The van der Waals surface area contributed by atoms with Gasteiger partial charge in [0.15, 0.2) is 0 Å². The van der Waals surface area contributed by atoms with E-state index in [4.69, 9.17) is 11.3 Å². The lowest BCUT2D eigenvalue weighted by atomic mass is 10.3. The summed E-state index contributed by atoms with van der Waals surface area (Å²) in [6.07, 6.45) is 4.98. The lowest BCUT2D eigenvalue weighted by Crippen LogP contribution is -1.97. The largest absolute Gasteiger partial charge is 0.465 e. The van der Waals surface area contributed by atoms with Gasteiger partial charge in [-0.05, 0) is 12.8 Å². The third-order valence-corrected chi connectivity index (χ3v) is 2.29. The Morgan fingerprint density at radius 1 is 1.57 bits per heavy atom. The molecule has 0 aromatic carbocycles. The zero-order chi connectivity index (χ0) is 9.80. The minimum absolute atomic E-state index is 0.510. The minimum Gasteiger partial charge on any atom is -0.465 e. The number of fused-ring (bicyclic) bond motifs is 1. The van der Waals surface area contributed by atoms with Crippen LogP contribution in [0, 0.1) is 6.57 Å². The lowest BCUT2D eigenvalue weighted by molar-refractivity contribution is 0.294. The summed E-state index contributed by atoms with van der Waals surface area (Å²) in [6, 6.07) is 0.725. The van der Waals surface area contributed by atoms with Gasteiger partial charge in [0.2, 0.25) is 6.54 Å². The molecule has 1 aliphatic heterocycles. The van der Waals surface area contributed by atoms with E-state index in [2.05, 4.69) is 9.83 Å². The van der Waals surface area contributed by atoms with Crippen molar-refractivity contribution in [1.29, 1.82) is 0 Å². The van der Waals surface area contributed by atoms with Gasteiger partial charge in [-0.15, -0.1) is 0 Å². The topological polar surface area (TPSA) is 31.4 Å². The van der Waals surface area contributed by atoms with Crippen LogP contribution < -0.4 is 4.74 Å². The molecule has 0 saturated carbocycles. The third-order valence-electron chi connectivity index (χ3n) is 2.29. The molecule has 0 saturated heterocycles. The molecule has 4 nitrogen and oxygen atoms in total. The van der Waals surface area contributed by atoms with Crippen LogP contribution in [0.2, 0.25) is 0 Å². The van der Waals surface area contributed by atoms with Crippen LogP contribution in [-0.2, 0) is 13.0 Å². The Hall–Kier alpha value is -1.50. The minimum atomic E-state index is 0.510. The summed E-state index contributed by atoms with van der Waals surface area (Å²) in [5.74, 6) is 0. The maximum Gasteiger partial charge on any atom is 0.296 e. The Labute approximate surface area is 83.3 Å². The van der Waals surface area contributed by atoms with E-state index in [0.717, 1.165) is 44.1 Å². The van der Waals surface area contributed by atoms with Crippen molar-refractivity contribution in [2.45, 2.75) is 25.8 Å². The van der Waals surface area contributed by atoms with Crippen LogP contribution >= 0.6 is 0 Å². The van der Waals surface area contributed by atoms with Crippen molar-refractivity contribution < 1.29 is 4.74 Å². The number of nitrogens with zero attached hydrogens (tertiary/aromatic N) is 3. The zero-order valence-corrected chi connectivity index (χ0v) is 8.07. The van der Waals surface area contributed by atoms with Crippen LogP contribution in [0.15, 0.2) is 6.20 Å². The van der Waals surface area contributed by atoms with Gasteiger partial charge in [0, 0.05) is 12.7 Å². The number of hydrogen-bond donors (Lipinski definition) is 0. The highest BCUT2D eigenvalue weighted by Gasteiger charge is 2.12. The molecule has 0 fully saturated rings. The summed E-state index contributed by atoms with van der Waals surface area (Å²) in [4.78, 5) is 7.66. The van der Waals surface area contributed by atoms with E-state index in [1.807, 2.05) is 10.8 Å². The Morgan fingerprint density at radius 2 is 2.50 bits per heavy atom. The van der Waals surface area contributed by atoms with Crippen molar-refractivity contribution in [2.24, 2.45) is 0 Å². The maximum atomic E-state index is 6.71. The van der Waals surface area contributed by atoms with Crippen molar-refractivity contribution in [3.8, 4) is 6.01 Å². The summed E-state index contributed by atoms with van der Waals surface area (Å²) < 4.78 is 7.53. The zero-order valence-electron chi connectivity index (χ0n) is 8.07. The molecule has 1 aliphatic rings. The first-order chi connectivity index (χ1) is 6.90. The van der Waals surface area contributed by atoms with Gasteiger partial charge in [-0.3, -0.25) is 0 Å². The number of rotatable bonds is 2. The molecule has 4 heteroatoms. The number of aryl methyl sites for hydroxylation is 1. The van der Waals surface area contributed by atoms with Crippen molar-refractivity contribution >= 4 is 0 Å². The maximum absolute atomic E-state index is 6.71. The molecule has 0 atom stereocenters. The Bertz CT molecular complexity index is 327. The smallest absolute Gasteiger partial charge is 0.296 e. The number of hydrogen-bond acceptors (Lipinski definition) is 2. The normalized spacial score (nSPS) is 15.1. The fraction of sp³-hybridized carbons (Fsp3) is 0.600. The molecular formula is C10H13N3O. The van der Waals surface area contributed by atoms with Crippen molar-refractivity contribution in [2.75, 3.05) is 13.2 Å². The summed E-state index contributed by atoms with van der Waals surface area (Å²) >= 11 is 0.